The first kappa shape index (κ1) is 11.9. The lowest BCUT2D eigenvalue weighted by Crippen LogP contribution is -2.36. The summed E-state index contributed by atoms with van der Waals surface area (Å²) in [4.78, 5) is 12.7. The largest absolute Gasteiger partial charge is 0.480 e. The minimum Gasteiger partial charge on any atom is -0.480 e. The van der Waals surface area contributed by atoms with Crippen LogP contribution in [-0.4, -0.2) is 35.6 Å². The van der Waals surface area contributed by atoms with Gasteiger partial charge in [0.2, 0.25) is 0 Å². The number of nitrogens with zero attached hydrogens (tertiary/aromatic N) is 1. The minimum absolute atomic E-state index is 0.0880. The zero-order valence-corrected chi connectivity index (χ0v) is 9.80. The van der Waals surface area contributed by atoms with Gasteiger partial charge in [-0.3, -0.25) is 9.69 Å². The lowest BCUT2D eigenvalue weighted by atomic mass is 9.77. The molecule has 1 atom stereocenters. The Morgan fingerprint density at radius 3 is 2.94 bits per heavy atom. The molecule has 0 amide bonds. The molecule has 1 aromatic rings. The number of hydrogen-bond donors (Lipinski definition) is 1. The maximum atomic E-state index is 10.7. The van der Waals surface area contributed by atoms with E-state index in [0.717, 1.165) is 13.0 Å². The van der Waals surface area contributed by atoms with E-state index < -0.39 is 5.97 Å². The van der Waals surface area contributed by atoms with Crippen LogP contribution in [0.3, 0.4) is 0 Å². The molecule has 17 heavy (non-hydrogen) atoms. The molecule has 1 unspecified atom stereocenters. The topological polar surface area (TPSA) is 40.5 Å². The van der Waals surface area contributed by atoms with E-state index in [1.807, 2.05) is 17.0 Å². The van der Waals surface area contributed by atoms with Crippen LogP contribution in [-0.2, 0) is 11.2 Å². The summed E-state index contributed by atoms with van der Waals surface area (Å²) in [5.41, 5.74) is 2.76. The number of aliphatic carboxylic acids is 1. The number of carboxylic acids is 1. The number of rotatable bonds is 6. The zero-order chi connectivity index (χ0) is 12.3. The summed E-state index contributed by atoms with van der Waals surface area (Å²) < 4.78 is 0. The fourth-order valence-corrected chi connectivity index (χ4v) is 2.41. The number of fused-ring (bicyclic) bond motifs is 1. The van der Waals surface area contributed by atoms with Crippen molar-refractivity contribution in [3.8, 4) is 0 Å². The summed E-state index contributed by atoms with van der Waals surface area (Å²) >= 11 is 0. The van der Waals surface area contributed by atoms with Crippen molar-refractivity contribution in [1.29, 1.82) is 0 Å². The Kier molecular flexibility index (Phi) is 3.59. The van der Waals surface area contributed by atoms with Crippen molar-refractivity contribution in [1.82, 2.24) is 4.90 Å². The van der Waals surface area contributed by atoms with E-state index in [4.69, 9.17) is 5.11 Å². The van der Waals surface area contributed by atoms with Crippen LogP contribution in [0.1, 0.15) is 17.0 Å². The number of hydrogen-bond acceptors (Lipinski definition) is 2. The van der Waals surface area contributed by atoms with E-state index in [1.54, 1.807) is 6.08 Å². The molecule has 0 spiro atoms. The lowest BCUT2D eigenvalue weighted by Gasteiger charge is -2.34. The van der Waals surface area contributed by atoms with Gasteiger partial charge in [0.05, 0.1) is 6.54 Å². The van der Waals surface area contributed by atoms with Crippen LogP contribution in [0.25, 0.3) is 0 Å². The molecule has 0 aromatic heterocycles. The van der Waals surface area contributed by atoms with Gasteiger partial charge >= 0.3 is 5.97 Å². The number of benzene rings is 1. The summed E-state index contributed by atoms with van der Waals surface area (Å²) in [5, 5.41) is 8.83. The van der Waals surface area contributed by atoms with E-state index >= 15 is 0 Å². The van der Waals surface area contributed by atoms with Crippen LogP contribution in [0.5, 0.6) is 0 Å². The van der Waals surface area contributed by atoms with Gasteiger partial charge in [0, 0.05) is 19.0 Å². The lowest BCUT2D eigenvalue weighted by molar-refractivity contribution is -0.138. The SMILES string of the molecule is C=CCN(CC(=O)O)CC1Cc2ccccc21. The highest BCUT2D eigenvalue weighted by molar-refractivity contribution is 5.69. The standard InChI is InChI=1S/C14H17NO2/c1-2-7-15(10-14(16)17)9-12-8-11-5-3-4-6-13(11)12/h2-6,12H,1,7-10H2,(H,16,17). The van der Waals surface area contributed by atoms with E-state index in [-0.39, 0.29) is 6.54 Å². The highest BCUT2D eigenvalue weighted by Gasteiger charge is 2.27. The molecular weight excluding hydrogens is 214 g/mol. The predicted octanol–water partition coefficient (Wildman–Crippen LogP) is 1.90. The van der Waals surface area contributed by atoms with Gasteiger partial charge in [-0.05, 0) is 17.5 Å². The highest BCUT2D eigenvalue weighted by Crippen LogP contribution is 2.35. The van der Waals surface area contributed by atoms with Crippen molar-refractivity contribution in [2.75, 3.05) is 19.6 Å². The van der Waals surface area contributed by atoms with Crippen LogP contribution < -0.4 is 0 Å². The van der Waals surface area contributed by atoms with Crippen molar-refractivity contribution in [2.24, 2.45) is 0 Å². The van der Waals surface area contributed by atoms with Crippen LogP contribution in [0.2, 0.25) is 0 Å². The molecule has 3 nitrogen and oxygen atoms in total. The molecule has 0 aliphatic heterocycles. The number of carboxylic acid groups (broad SMARTS) is 1. The fraction of sp³-hybridized carbons (Fsp3) is 0.357. The average molecular weight is 231 g/mol. The van der Waals surface area contributed by atoms with Gasteiger partial charge in [0.1, 0.15) is 0 Å². The smallest absolute Gasteiger partial charge is 0.317 e. The van der Waals surface area contributed by atoms with E-state index in [2.05, 4.69) is 18.7 Å². The normalized spacial score (nSPS) is 17.4. The molecule has 0 saturated heterocycles. The number of carbonyl (C=O) groups is 1. The summed E-state index contributed by atoms with van der Waals surface area (Å²) in [6.07, 6.45) is 2.82. The predicted molar refractivity (Wildman–Crippen MR) is 67.2 cm³/mol. The third kappa shape index (κ3) is 2.74. The molecule has 90 valence electrons. The quantitative estimate of drug-likeness (QED) is 0.760. The van der Waals surface area contributed by atoms with Crippen molar-refractivity contribution >= 4 is 5.97 Å². The van der Waals surface area contributed by atoms with Gasteiger partial charge in [-0.2, -0.15) is 0 Å². The van der Waals surface area contributed by atoms with Crippen molar-refractivity contribution in [3.63, 3.8) is 0 Å². The Morgan fingerprint density at radius 1 is 1.53 bits per heavy atom. The Balaban J connectivity index is 1.96. The Labute approximate surface area is 101 Å². The minimum atomic E-state index is -0.778. The van der Waals surface area contributed by atoms with E-state index in [0.29, 0.717) is 12.5 Å². The van der Waals surface area contributed by atoms with Crippen LogP contribution in [0.15, 0.2) is 36.9 Å². The van der Waals surface area contributed by atoms with Gasteiger partial charge in [0.25, 0.3) is 0 Å². The summed E-state index contributed by atoms with van der Waals surface area (Å²) in [6.45, 7) is 5.19. The molecule has 1 aliphatic carbocycles. The molecule has 3 heteroatoms. The van der Waals surface area contributed by atoms with Crippen molar-refractivity contribution in [3.05, 3.63) is 48.0 Å². The molecule has 0 heterocycles. The van der Waals surface area contributed by atoms with Gasteiger partial charge in [-0.25, -0.2) is 0 Å². The molecule has 1 aliphatic rings. The maximum Gasteiger partial charge on any atom is 0.317 e. The van der Waals surface area contributed by atoms with Crippen LogP contribution in [0, 0.1) is 0 Å². The van der Waals surface area contributed by atoms with E-state index in [1.165, 1.54) is 11.1 Å². The molecule has 0 bridgehead atoms. The van der Waals surface area contributed by atoms with Crippen LogP contribution in [0.4, 0.5) is 0 Å². The highest BCUT2D eigenvalue weighted by atomic mass is 16.4. The van der Waals surface area contributed by atoms with Crippen molar-refractivity contribution in [2.45, 2.75) is 12.3 Å². The second-order valence-electron chi connectivity index (χ2n) is 4.48. The molecular formula is C14H17NO2. The molecule has 0 radical (unpaired) electrons. The summed E-state index contributed by atoms with van der Waals surface area (Å²) in [7, 11) is 0. The first-order valence-corrected chi connectivity index (χ1v) is 5.83. The first-order valence-electron chi connectivity index (χ1n) is 5.83. The molecule has 1 N–H and O–H groups in total. The third-order valence-electron chi connectivity index (χ3n) is 3.19. The van der Waals surface area contributed by atoms with Gasteiger partial charge in [0.15, 0.2) is 0 Å². The molecule has 0 fully saturated rings. The second kappa shape index (κ2) is 5.15. The molecule has 0 saturated carbocycles. The zero-order valence-electron chi connectivity index (χ0n) is 9.80. The fourth-order valence-electron chi connectivity index (χ4n) is 2.41. The second-order valence-corrected chi connectivity index (χ2v) is 4.48. The van der Waals surface area contributed by atoms with Gasteiger partial charge in [-0.1, -0.05) is 30.3 Å². The van der Waals surface area contributed by atoms with Gasteiger partial charge < -0.3 is 5.11 Å². The van der Waals surface area contributed by atoms with Gasteiger partial charge in [-0.15, -0.1) is 6.58 Å². The van der Waals surface area contributed by atoms with Crippen LogP contribution >= 0.6 is 0 Å². The Bertz CT molecular complexity index is 428. The van der Waals surface area contributed by atoms with E-state index in [9.17, 15) is 4.79 Å². The molecule has 1 aromatic carbocycles. The molecule has 2 rings (SSSR count). The third-order valence-corrected chi connectivity index (χ3v) is 3.19. The Morgan fingerprint density at radius 2 is 2.29 bits per heavy atom. The summed E-state index contributed by atoms with van der Waals surface area (Å²) in [6, 6.07) is 8.37. The maximum absolute atomic E-state index is 10.7. The average Bonchev–Trinajstić information content (AvgIpc) is 2.25. The van der Waals surface area contributed by atoms with Crippen molar-refractivity contribution < 1.29 is 9.90 Å². The first-order chi connectivity index (χ1) is 8.20. The monoisotopic (exact) mass is 231 g/mol. The summed E-state index contributed by atoms with van der Waals surface area (Å²) in [5.74, 6) is -0.301. The Hall–Kier alpha value is -1.61.